The zero-order valence-electron chi connectivity index (χ0n) is 22.7. The summed E-state index contributed by atoms with van der Waals surface area (Å²) in [4.78, 5) is 30.4. The molecule has 0 aromatic carbocycles. The third kappa shape index (κ3) is 5.48. The fourth-order valence-electron chi connectivity index (χ4n) is 6.05. The maximum absolute atomic E-state index is 12.9. The molecule has 1 aliphatic carbocycles. The number of nitrogens with zero attached hydrogens (tertiary/aromatic N) is 5. The van der Waals surface area contributed by atoms with Gasteiger partial charge in [0, 0.05) is 38.3 Å². The van der Waals surface area contributed by atoms with Crippen LogP contribution in [0, 0.1) is 5.92 Å². The van der Waals surface area contributed by atoms with Crippen molar-refractivity contribution >= 4 is 5.91 Å². The number of likely N-dealkylation sites (N-methyl/N-ethyl adjacent to an activating group) is 1. The van der Waals surface area contributed by atoms with Gasteiger partial charge in [-0.25, -0.2) is 9.97 Å². The van der Waals surface area contributed by atoms with E-state index in [4.69, 9.17) is 19.2 Å². The lowest BCUT2D eigenvalue weighted by molar-refractivity contribution is -0.188. The molecular weight excluding hydrogens is 486 g/mol. The molecule has 1 spiro atoms. The molecule has 0 radical (unpaired) electrons. The molecule has 38 heavy (non-hydrogen) atoms. The number of hydrogen-bond donors (Lipinski definition) is 1. The topological polar surface area (TPSA) is 110 Å². The molecular formula is C28H39N5O5. The molecule has 2 fully saturated rings. The van der Waals surface area contributed by atoms with E-state index in [0.717, 1.165) is 57.4 Å². The summed E-state index contributed by atoms with van der Waals surface area (Å²) in [6.07, 6.45) is 8.17. The molecule has 1 amide bonds. The van der Waals surface area contributed by atoms with Crippen LogP contribution in [0.3, 0.4) is 0 Å². The number of aromatic nitrogens is 3. The molecule has 2 aliphatic heterocycles. The van der Waals surface area contributed by atoms with Crippen molar-refractivity contribution in [1.82, 2.24) is 24.8 Å². The quantitative estimate of drug-likeness (QED) is 0.555. The largest absolute Gasteiger partial charge is 0.480 e. The number of methoxy groups -OCH3 is 2. The number of ether oxygens (including phenoxy) is 3. The highest BCUT2D eigenvalue weighted by Gasteiger charge is 2.48. The van der Waals surface area contributed by atoms with Crippen LogP contribution in [0.25, 0.3) is 11.3 Å². The average molecular weight is 526 g/mol. The van der Waals surface area contributed by atoms with Gasteiger partial charge in [0.1, 0.15) is 5.69 Å². The van der Waals surface area contributed by atoms with E-state index in [-0.39, 0.29) is 11.9 Å². The summed E-state index contributed by atoms with van der Waals surface area (Å²) >= 11 is 0. The Morgan fingerprint density at radius 1 is 1.16 bits per heavy atom. The number of likely N-dealkylation sites (tertiary alicyclic amines) is 1. The van der Waals surface area contributed by atoms with Crippen molar-refractivity contribution in [2.24, 2.45) is 5.92 Å². The van der Waals surface area contributed by atoms with Crippen LogP contribution in [-0.4, -0.2) is 83.2 Å². The first-order chi connectivity index (χ1) is 18.4. The van der Waals surface area contributed by atoms with Crippen molar-refractivity contribution in [2.75, 3.05) is 47.4 Å². The molecule has 10 nitrogen and oxygen atoms in total. The highest BCUT2D eigenvalue weighted by atomic mass is 16.6. The number of carbonyl (C=O) groups is 1. The van der Waals surface area contributed by atoms with Crippen molar-refractivity contribution in [3.8, 4) is 23.1 Å². The Bertz CT molecular complexity index is 1130. The number of piperidine rings is 1. The number of pyridine rings is 1. The van der Waals surface area contributed by atoms with Crippen LogP contribution in [0.15, 0.2) is 18.3 Å². The second kappa shape index (κ2) is 11.5. The van der Waals surface area contributed by atoms with Gasteiger partial charge in [-0.2, -0.15) is 4.98 Å². The average Bonchev–Trinajstić information content (AvgIpc) is 3.23. The summed E-state index contributed by atoms with van der Waals surface area (Å²) in [6, 6.07) is 4.08. The number of rotatable bonds is 8. The minimum Gasteiger partial charge on any atom is -0.480 e. The molecule has 2 aromatic rings. The SMILES string of the molecule is COc1ncc(-c2ccc3c(n2)C(O)OC32CCC(CC(=O)N(C)CCN3CCCCC3)CC2)c(OC)n1. The molecule has 5 rings (SSSR count). The fourth-order valence-corrected chi connectivity index (χ4v) is 6.05. The Hall–Kier alpha value is -2.82. The molecule has 206 valence electrons. The molecule has 1 saturated carbocycles. The molecule has 0 bridgehead atoms. The normalized spacial score (nSPS) is 25.3. The molecule has 4 heterocycles. The van der Waals surface area contributed by atoms with Gasteiger partial charge in [-0.15, -0.1) is 0 Å². The lowest BCUT2D eigenvalue weighted by Crippen LogP contribution is -2.39. The van der Waals surface area contributed by atoms with E-state index in [1.807, 2.05) is 24.1 Å². The molecule has 3 aliphatic rings. The van der Waals surface area contributed by atoms with Crippen LogP contribution in [0.2, 0.25) is 0 Å². The summed E-state index contributed by atoms with van der Waals surface area (Å²) in [5, 5.41) is 10.8. The Labute approximate surface area is 224 Å². The van der Waals surface area contributed by atoms with E-state index in [0.29, 0.717) is 35.2 Å². The van der Waals surface area contributed by atoms with Crippen LogP contribution < -0.4 is 9.47 Å². The minimum atomic E-state index is -1.10. The van der Waals surface area contributed by atoms with Gasteiger partial charge in [0.05, 0.1) is 31.1 Å². The first-order valence-corrected chi connectivity index (χ1v) is 13.7. The van der Waals surface area contributed by atoms with Crippen molar-refractivity contribution < 1.29 is 24.1 Å². The summed E-state index contributed by atoms with van der Waals surface area (Å²) in [5.41, 5.74) is 2.07. The molecule has 1 atom stereocenters. The smallest absolute Gasteiger partial charge is 0.319 e. The van der Waals surface area contributed by atoms with E-state index in [1.165, 1.54) is 33.5 Å². The monoisotopic (exact) mass is 525 g/mol. The Morgan fingerprint density at radius 3 is 2.63 bits per heavy atom. The van der Waals surface area contributed by atoms with Crippen LogP contribution in [0.4, 0.5) is 0 Å². The predicted molar refractivity (Wildman–Crippen MR) is 141 cm³/mol. The number of aliphatic hydroxyl groups excluding tert-OH is 1. The Balaban J connectivity index is 1.21. The second-order valence-corrected chi connectivity index (χ2v) is 10.7. The fraction of sp³-hybridized carbons (Fsp3) is 0.643. The molecule has 1 unspecified atom stereocenters. The van der Waals surface area contributed by atoms with E-state index >= 15 is 0 Å². The van der Waals surface area contributed by atoms with Crippen molar-refractivity contribution in [2.45, 2.75) is 63.3 Å². The predicted octanol–water partition coefficient (Wildman–Crippen LogP) is 3.30. The third-order valence-corrected chi connectivity index (χ3v) is 8.37. The van der Waals surface area contributed by atoms with Gasteiger partial charge in [-0.05, 0) is 63.6 Å². The zero-order valence-corrected chi connectivity index (χ0v) is 22.7. The standard InChI is InChI=1S/C28H39N5O5/c1-32(15-16-33-13-5-4-6-14-33)23(34)17-19-9-11-28(12-10-19)21-7-8-22(30-24(21)26(35)38-28)20-18-29-27(37-3)31-25(20)36-2/h7-8,18-19,26,35H,4-6,9-17H2,1-3H3. The van der Waals surface area contributed by atoms with E-state index < -0.39 is 11.9 Å². The first-order valence-electron chi connectivity index (χ1n) is 13.7. The number of fused-ring (bicyclic) bond motifs is 2. The van der Waals surface area contributed by atoms with Gasteiger partial charge in [0.25, 0.3) is 0 Å². The summed E-state index contributed by atoms with van der Waals surface area (Å²) in [6.45, 7) is 4.05. The van der Waals surface area contributed by atoms with Gasteiger partial charge >= 0.3 is 6.01 Å². The Morgan fingerprint density at radius 2 is 1.92 bits per heavy atom. The molecule has 1 N–H and O–H groups in total. The molecule has 10 heteroatoms. The van der Waals surface area contributed by atoms with Gasteiger partial charge in [-0.3, -0.25) is 4.79 Å². The third-order valence-electron chi connectivity index (χ3n) is 8.37. The van der Waals surface area contributed by atoms with Gasteiger partial charge in [0.15, 0.2) is 6.29 Å². The highest BCUT2D eigenvalue weighted by molar-refractivity contribution is 5.76. The first kappa shape index (κ1) is 26.8. The van der Waals surface area contributed by atoms with Gasteiger partial charge < -0.3 is 29.1 Å². The number of carbonyl (C=O) groups excluding carboxylic acids is 1. The minimum absolute atomic E-state index is 0.206. The van der Waals surface area contributed by atoms with Crippen molar-refractivity contribution in [3.63, 3.8) is 0 Å². The molecule has 2 aromatic heterocycles. The summed E-state index contributed by atoms with van der Waals surface area (Å²) in [7, 11) is 4.95. The molecule has 1 saturated heterocycles. The van der Waals surface area contributed by atoms with Gasteiger partial charge in [0.2, 0.25) is 11.8 Å². The maximum atomic E-state index is 12.9. The lowest BCUT2D eigenvalue weighted by Gasteiger charge is -2.37. The maximum Gasteiger partial charge on any atom is 0.319 e. The van der Waals surface area contributed by atoms with Crippen LogP contribution >= 0.6 is 0 Å². The highest BCUT2D eigenvalue weighted by Crippen LogP contribution is 2.52. The van der Waals surface area contributed by atoms with Crippen LogP contribution in [-0.2, 0) is 15.1 Å². The Kier molecular flexibility index (Phi) is 8.11. The second-order valence-electron chi connectivity index (χ2n) is 10.7. The number of amides is 1. The summed E-state index contributed by atoms with van der Waals surface area (Å²) in [5.74, 6) is 0.888. The van der Waals surface area contributed by atoms with Crippen LogP contribution in [0.5, 0.6) is 11.9 Å². The number of aliphatic hydroxyl groups is 1. The number of hydrogen-bond acceptors (Lipinski definition) is 9. The summed E-state index contributed by atoms with van der Waals surface area (Å²) < 4.78 is 16.7. The van der Waals surface area contributed by atoms with Crippen LogP contribution in [0.1, 0.15) is 68.9 Å². The van der Waals surface area contributed by atoms with E-state index in [9.17, 15) is 9.90 Å². The lowest BCUT2D eigenvalue weighted by atomic mass is 9.74. The van der Waals surface area contributed by atoms with E-state index in [2.05, 4.69) is 14.9 Å². The van der Waals surface area contributed by atoms with Crippen molar-refractivity contribution in [1.29, 1.82) is 0 Å². The van der Waals surface area contributed by atoms with E-state index in [1.54, 1.807) is 6.20 Å². The van der Waals surface area contributed by atoms with Gasteiger partial charge in [-0.1, -0.05) is 12.5 Å². The zero-order chi connectivity index (χ0) is 26.7. The van der Waals surface area contributed by atoms with Crippen molar-refractivity contribution in [3.05, 3.63) is 29.6 Å².